The number of ether oxygens (including phenoxy) is 2. The molecular formula is C13H13ClN2O2S. The molecular weight excluding hydrogens is 284 g/mol. The fraction of sp³-hybridized carbons (Fsp3) is 0.231. The van der Waals surface area contributed by atoms with Crippen LogP contribution in [0.25, 0.3) is 0 Å². The highest BCUT2D eigenvalue weighted by molar-refractivity contribution is 7.98. The molecule has 4 nitrogen and oxygen atoms in total. The molecule has 0 N–H and O–H groups in total. The van der Waals surface area contributed by atoms with Crippen LogP contribution in [0.5, 0.6) is 11.6 Å². The van der Waals surface area contributed by atoms with Crippen LogP contribution in [0.15, 0.2) is 35.2 Å². The molecule has 0 spiro atoms. The van der Waals surface area contributed by atoms with Gasteiger partial charge in [-0.05, 0) is 18.4 Å². The molecule has 0 saturated heterocycles. The third-order valence-corrected chi connectivity index (χ3v) is 3.25. The smallest absolute Gasteiger partial charge is 0.224 e. The first-order valence-corrected chi connectivity index (χ1v) is 7.16. The third-order valence-electron chi connectivity index (χ3n) is 2.27. The maximum absolute atomic E-state index is 5.93. The quantitative estimate of drug-likeness (QED) is 0.620. The molecule has 0 aliphatic carbocycles. The van der Waals surface area contributed by atoms with E-state index >= 15 is 0 Å². The molecule has 1 aromatic heterocycles. The van der Waals surface area contributed by atoms with Crippen molar-refractivity contribution >= 4 is 23.4 Å². The van der Waals surface area contributed by atoms with Crippen LogP contribution >= 0.6 is 23.4 Å². The summed E-state index contributed by atoms with van der Waals surface area (Å²) >= 11 is 7.54. The molecule has 1 aromatic carbocycles. The zero-order valence-electron chi connectivity index (χ0n) is 10.6. The van der Waals surface area contributed by atoms with Gasteiger partial charge in [-0.3, -0.25) is 0 Å². The normalized spacial score (nSPS) is 10.5. The van der Waals surface area contributed by atoms with E-state index in [1.54, 1.807) is 24.9 Å². The van der Waals surface area contributed by atoms with Crippen molar-refractivity contribution in [2.24, 2.45) is 0 Å². The van der Waals surface area contributed by atoms with Gasteiger partial charge in [0.05, 0.1) is 0 Å². The molecule has 0 bridgehead atoms. The lowest BCUT2D eigenvalue weighted by atomic mass is 10.3. The molecule has 2 rings (SSSR count). The van der Waals surface area contributed by atoms with Crippen LogP contribution in [0.4, 0.5) is 0 Å². The van der Waals surface area contributed by atoms with E-state index in [-0.39, 0.29) is 0 Å². The molecule has 100 valence electrons. The van der Waals surface area contributed by atoms with Crippen molar-refractivity contribution in [2.45, 2.75) is 11.5 Å². The first-order valence-electron chi connectivity index (χ1n) is 5.56. The van der Waals surface area contributed by atoms with Gasteiger partial charge in [0.25, 0.3) is 0 Å². The number of hydrogen-bond acceptors (Lipinski definition) is 5. The van der Waals surface area contributed by atoms with Gasteiger partial charge in [0, 0.05) is 18.1 Å². The first-order chi connectivity index (χ1) is 9.22. The van der Waals surface area contributed by atoms with Gasteiger partial charge in [-0.2, -0.15) is 4.98 Å². The second-order valence-corrected chi connectivity index (χ2v) is 4.87. The average molecular weight is 297 g/mol. The maximum atomic E-state index is 5.93. The van der Waals surface area contributed by atoms with Gasteiger partial charge < -0.3 is 9.47 Å². The van der Waals surface area contributed by atoms with E-state index in [9.17, 15) is 0 Å². The Hall–Kier alpha value is -1.30. The van der Waals surface area contributed by atoms with E-state index in [1.165, 1.54) is 0 Å². The van der Waals surface area contributed by atoms with Crippen molar-refractivity contribution in [1.82, 2.24) is 9.97 Å². The van der Waals surface area contributed by atoms with Crippen LogP contribution in [0.2, 0.25) is 5.15 Å². The van der Waals surface area contributed by atoms with E-state index in [2.05, 4.69) is 9.97 Å². The van der Waals surface area contributed by atoms with Crippen molar-refractivity contribution in [1.29, 1.82) is 0 Å². The molecule has 2 aromatic rings. The van der Waals surface area contributed by atoms with Crippen LogP contribution in [0.1, 0.15) is 5.82 Å². The number of methoxy groups -OCH3 is 1. The average Bonchev–Trinajstić information content (AvgIpc) is 2.39. The lowest BCUT2D eigenvalue weighted by molar-refractivity contribution is 0.177. The Labute approximate surface area is 121 Å². The van der Waals surface area contributed by atoms with Crippen molar-refractivity contribution in [2.75, 3.05) is 13.4 Å². The second kappa shape index (κ2) is 6.75. The highest BCUT2D eigenvalue weighted by Crippen LogP contribution is 2.31. The van der Waals surface area contributed by atoms with Crippen molar-refractivity contribution in [3.8, 4) is 11.6 Å². The number of aromatic nitrogens is 2. The minimum Gasteiger partial charge on any atom is -0.438 e. The molecule has 0 aliphatic rings. The largest absolute Gasteiger partial charge is 0.438 e. The predicted molar refractivity (Wildman–Crippen MR) is 76.1 cm³/mol. The summed E-state index contributed by atoms with van der Waals surface area (Å²) in [6.07, 6.45) is 1.99. The fourth-order valence-electron chi connectivity index (χ4n) is 1.50. The summed E-state index contributed by atoms with van der Waals surface area (Å²) in [5.74, 6) is 1.65. The first kappa shape index (κ1) is 14.1. The molecule has 6 heteroatoms. The Morgan fingerprint density at radius 2 is 2.05 bits per heavy atom. The Bertz CT molecular complexity index is 566. The summed E-state index contributed by atoms with van der Waals surface area (Å²) in [4.78, 5) is 9.33. The minimum absolute atomic E-state index is 0.293. The zero-order valence-corrected chi connectivity index (χ0v) is 12.2. The van der Waals surface area contributed by atoms with Gasteiger partial charge in [-0.25, -0.2) is 4.98 Å². The SMILES string of the molecule is COCc1nc(Cl)cc(Oc2ccccc2SC)n1. The Morgan fingerprint density at radius 1 is 1.26 bits per heavy atom. The summed E-state index contributed by atoms with van der Waals surface area (Å²) in [7, 11) is 1.58. The number of nitrogens with zero attached hydrogens (tertiary/aromatic N) is 2. The third kappa shape index (κ3) is 3.83. The lowest BCUT2D eigenvalue weighted by Gasteiger charge is -2.09. The van der Waals surface area contributed by atoms with Gasteiger partial charge in [0.2, 0.25) is 5.88 Å². The molecule has 0 amide bonds. The van der Waals surface area contributed by atoms with Crippen molar-refractivity contribution < 1.29 is 9.47 Å². The molecule has 0 atom stereocenters. The minimum atomic E-state index is 0.293. The van der Waals surface area contributed by atoms with Gasteiger partial charge in [0.1, 0.15) is 17.5 Å². The fourth-order valence-corrected chi connectivity index (χ4v) is 2.22. The van der Waals surface area contributed by atoms with Crippen molar-refractivity contribution in [3.05, 3.63) is 41.3 Å². The van der Waals surface area contributed by atoms with Crippen LogP contribution in [-0.4, -0.2) is 23.3 Å². The summed E-state index contributed by atoms with van der Waals surface area (Å²) in [6, 6.07) is 9.32. The van der Waals surface area contributed by atoms with Crippen LogP contribution < -0.4 is 4.74 Å². The van der Waals surface area contributed by atoms with Crippen LogP contribution in [0, 0.1) is 0 Å². The number of benzene rings is 1. The van der Waals surface area contributed by atoms with E-state index < -0.39 is 0 Å². The summed E-state index contributed by atoms with van der Waals surface area (Å²) < 4.78 is 10.7. The zero-order chi connectivity index (χ0) is 13.7. The van der Waals surface area contributed by atoms with E-state index in [1.807, 2.05) is 30.5 Å². The number of para-hydroxylation sites is 1. The summed E-state index contributed by atoms with van der Waals surface area (Å²) in [5.41, 5.74) is 0. The lowest BCUT2D eigenvalue weighted by Crippen LogP contribution is -1.99. The number of hydrogen-bond donors (Lipinski definition) is 0. The van der Waals surface area contributed by atoms with Gasteiger partial charge in [0.15, 0.2) is 5.82 Å². The summed E-state index contributed by atoms with van der Waals surface area (Å²) in [6.45, 7) is 0.293. The van der Waals surface area contributed by atoms with Crippen molar-refractivity contribution in [3.63, 3.8) is 0 Å². The Balaban J connectivity index is 2.27. The highest BCUT2D eigenvalue weighted by Gasteiger charge is 2.08. The second-order valence-electron chi connectivity index (χ2n) is 3.63. The predicted octanol–water partition coefficient (Wildman–Crippen LogP) is 3.79. The highest BCUT2D eigenvalue weighted by atomic mass is 35.5. The van der Waals surface area contributed by atoms with E-state index in [0.717, 1.165) is 10.6 Å². The summed E-state index contributed by atoms with van der Waals surface area (Å²) in [5, 5.41) is 0.332. The molecule has 0 saturated carbocycles. The maximum Gasteiger partial charge on any atom is 0.224 e. The van der Waals surface area contributed by atoms with E-state index in [0.29, 0.717) is 23.5 Å². The van der Waals surface area contributed by atoms with Gasteiger partial charge in [-0.15, -0.1) is 11.8 Å². The molecule has 1 heterocycles. The van der Waals surface area contributed by atoms with Gasteiger partial charge in [-0.1, -0.05) is 23.7 Å². The van der Waals surface area contributed by atoms with E-state index in [4.69, 9.17) is 21.1 Å². The Morgan fingerprint density at radius 3 is 2.79 bits per heavy atom. The molecule has 0 unspecified atom stereocenters. The van der Waals surface area contributed by atoms with Crippen LogP contribution in [0.3, 0.4) is 0 Å². The number of thioether (sulfide) groups is 1. The molecule has 19 heavy (non-hydrogen) atoms. The standard InChI is InChI=1S/C13H13ClN2O2S/c1-17-8-12-15-11(14)7-13(16-12)18-9-5-3-4-6-10(9)19-2/h3-7H,8H2,1-2H3. The molecule has 0 radical (unpaired) electrons. The number of rotatable bonds is 5. The molecule has 0 fully saturated rings. The monoisotopic (exact) mass is 296 g/mol. The number of halogens is 1. The van der Waals surface area contributed by atoms with Gasteiger partial charge >= 0.3 is 0 Å². The molecule has 0 aliphatic heterocycles. The topological polar surface area (TPSA) is 44.2 Å². The van der Waals surface area contributed by atoms with Crippen LogP contribution in [-0.2, 0) is 11.3 Å². The Kier molecular flexibility index (Phi) is 5.01.